The first kappa shape index (κ1) is 23.5. The predicted octanol–water partition coefficient (Wildman–Crippen LogP) is 3.32. The summed E-state index contributed by atoms with van der Waals surface area (Å²) in [4.78, 5) is 7.35. The van der Waals surface area contributed by atoms with Gasteiger partial charge >= 0.3 is 10.3 Å². The molecule has 5 unspecified atom stereocenters. The first-order valence-corrected chi connectivity index (χ1v) is 13.7. The fraction of sp³-hybridized carbons (Fsp3) is 0.600. The van der Waals surface area contributed by atoms with Gasteiger partial charge < -0.3 is 4.90 Å². The minimum Gasteiger partial charge on any atom is -0.359 e. The van der Waals surface area contributed by atoms with E-state index in [1.54, 1.807) is 0 Å². The molecule has 0 aromatic carbocycles. The molecule has 5 atom stereocenters. The summed E-state index contributed by atoms with van der Waals surface area (Å²) in [5.41, 5.74) is 2.30. The Kier molecular flexibility index (Phi) is 6.06. The summed E-state index contributed by atoms with van der Waals surface area (Å²) in [5, 5.41) is 10.1. The average molecular weight is 486 g/mol. The third kappa shape index (κ3) is 4.41. The molecule has 8 nitrogen and oxygen atoms in total. The Balaban J connectivity index is 1.41. The third-order valence-electron chi connectivity index (χ3n) is 7.99. The van der Waals surface area contributed by atoms with Crippen LogP contribution in [0.2, 0.25) is 0 Å². The van der Waals surface area contributed by atoms with E-state index in [0.717, 1.165) is 56.0 Å². The molecule has 2 heterocycles. The maximum absolute atomic E-state index is 11.1. The van der Waals surface area contributed by atoms with Crippen molar-refractivity contribution in [1.29, 1.82) is 0 Å². The van der Waals surface area contributed by atoms with Gasteiger partial charge in [-0.15, -0.1) is 0 Å². The smallest absolute Gasteiger partial charge is 0.333 e. The van der Waals surface area contributed by atoms with Gasteiger partial charge in [0.2, 0.25) is 0 Å². The van der Waals surface area contributed by atoms with E-state index in [9.17, 15) is 8.42 Å². The number of aromatic nitrogens is 2. The normalized spacial score (nSPS) is 34.3. The molecule has 1 aliphatic heterocycles. The molecule has 184 valence electrons. The molecule has 0 radical (unpaired) electrons. The summed E-state index contributed by atoms with van der Waals surface area (Å²) in [6, 6.07) is 2.39. The van der Waals surface area contributed by atoms with Gasteiger partial charge in [-0.1, -0.05) is 37.3 Å². The van der Waals surface area contributed by atoms with Crippen LogP contribution in [0.4, 0.5) is 5.82 Å². The highest BCUT2D eigenvalue weighted by molar-refractivity contribution is 7.84. The van der Waals surface area contributed by atoms with Crippen LogP contribution in [0.3, 0.4) is 0 Å². The Hall–Kier alpha value is -2.23. The van der Waals surface area contributed by atoms with Gasteiger partial charge in [-0.3, -0.25) is 9.18 Å². The van der Waals surface area contributed by atoms with Crippen LogP contribution >= 0.6 is 0 Å². The highest BCUT2D eigenvalue weighted by Crippen LogP contribution is 2.48. The molecule has 0 saturated heterocycles. The summed E-state index contributed by atoms with van der Waals surface area (Å²) in [6.45, 7) is 5.68. The van der Waals surface area contributed by atoms with Gasteiger partial charge in [0.25, 0.3) is 0 Å². The second-order valence-electron chi connectivity index (χ2n) is 10.5. The number of nitrogens with two attached hydrogens (primary N) is 1. The van der Waals surface area contributed by atoms with E-state index in [2.05, 4.69) is 62.2 Å². The first-order valence-electron chi connectivity index (χ1n) is 12.3. The van der Waals surface area contributed by atoms with E-state index >= 15 is 0 Å². The molecule has 0 bridgehead atoms. The zero-order valence-corrected chi connectivity index (χ0v) is 21.0. The largest absolute Gasteiger partial charge is 0.359 e. The zero-order chi connectivity index (χ0) is 24.1. The van der Waals surface area contributed by atoms with E-state index in [0.29, 0.717) is 11.8 Å². The Morgan fingerprint density at radius 1 is 1.35 bits per heavy atom. The zero-order valence-electron chi connectivity index (χ0n) is 20.2. The van der Waals surface area contributed by atoms with Crippen LogP contribution in [0.15, 0.2) is 47.0 Å². The van der Waals surface area contributed by atoms with Crippen molar-refractivity contribution >= 4 is 22.0 Å². The van der Waals surface area contributed by atoms with E-state index in [4.69, 9.17) is 19.4 Å². The number of nitrogens with zero attached hydrogens (tertiary/aromatic N) is 4. The number of aliphatic imine (C=N–C) groups is 1. The molecule has 9 heteroatoms. The van der Waals surface area contributed by atoms with Crippen LogP contribution in [0.25, 0.3) is 0 Å². The fourth-order valence-electron chi connectivity index (χ4n) is 6.21. The molecule has 0 amide bonds. The van der Waals surface area contributed by atoms with Gasteiger partial charge in [0.15, 0.2) is 0 Å². The van der Waals surface area contributed by atoms with Gasteiger partial charge in [0.1, 0.15) is 11.7 Å². The van der Waals surface area contributed by atoms with E-state index < -0.39 is 10.3 Å². The van der Waals surface area contributed by atoms with Gasteiger partial charge in [0.05, 0.1) is 18.3 Å². The van der Waals surface area contributed by atoms with E-state index in [1.807, 2.05) is 4.68 Å². The number of rotatable bonds is 5. The molecule has 5 rings (SSSR count). The quantitative estimate of drug-likeness (QED) is 0.689. The van der Waals surface area contributed by atoms with Crippen molar-refractivity contribution in [1.82, 2.24) is 9.78 Å². The second-order valence-corrected chi connectivity index (χ2v) is 11.7. The molecule has 0 spiro atoms. The number of fused-ring (bicyclic) bond motifs is 2. The molecule has 2 N–H and O–H groups in total. The van der Waals surface area contributed by atoms with Crippen molar-refractivity contribution in [3.63, 3.8) is 0 Å². The highest BCUT2D eigenvalue weighted by atomic mass is 32.2. The first-order chi connectivity index (χ1) is 16.1. The molecule has 1 aromatic heterocycles. The van der Waals surface area contributed by atoms with Crippen LogP contribution in [-0.2, 0) is 19.9 Å². The molecule has 4 aliphatic rings. The number of hydrogen-bond donors (Lipinski definition) is 1. The van der Waals surface area contributed by atoms with Crippen molar-refractivity contribution in [3.8, 4) is 0 Å². The number of allylic oxidation sites excluding steroid dienone is 6. The summed E-state index contributed by atoms with van der Waals surface area (Å²) in [7, 11) is -1.79. The Labute approximate surface area is 202 Å². The lowest BCUT2D eigenvalue weighted by molar-refractivity contribution is 0.256. The Bertz CT molecular complexity index is 1180. The SMILES string of the molecule is CC1CC=CC2=CC=CC(C)(c3cc4n(n3)C(=NC3CCC(COS(N)(=O)=O)C3)CCN4C)C21. The summed E-state index contributed by atoms with van der Waals surface area (Å²) < 4.78 is 29.1. The lowest BCUT2D eigenvalue weighted by Gasteiger charge is -2.42. The maximum atomic E-state index is 11.1. The summed E-state index contributed by atoms with van der Waals surface area (Å²) in [6.07, 6.45) is 15.8. The van der Waals surface area contributed by atoms with Crippen molar-refractivity contribution < 1.29 is 12.6 Å². The average Bonchev–Trinajstić information content (AvgIpc) is 3.42. The van der Waals surface area contributed by atoms with Crippen molar-refractivity contribution in [2.45, 2.75) is 57.4 Å². The van der Waals surface area contributed by atoms with Gasteiger partial charge in [-0.2, -0.15) is 13.5 Å². The Morgan fingerprint density at radius 2 is 2.18 bits per heavy atom. The van der Waals surface area contributed by atoms with Crippen LogP contribution in [0.5, 0.6) is 0 Å². The van der Waals surface area contributed by atoms with Crippen LogP contribution < -0.4 is 10.0 Å². The highest BCUT2D eigenvalue weighted by Gasteiger charge is 2.43. The topological polar surface area (TPSA) is 103 Å². The minimum absolute atomic E-state index is 0.134. The van der Waals surface area contributed by atoms with E-state index in [1.165, 1.54) is 5.57 Å². The van der Waals surface area contributed by atoms with Crippen LogP contribution in [0, 0.1) is 17.8 Å². The van der Waals surface area contributed by atoms with Gasteiger partial charge in [-0.05, 0) is 50.0 Å². The molecule has 3 aliphatic carbocycles. The van der Waals surface area contributed by atoms with Crippen LogP contribution in [-0.4, -0.2) is 50.3 Å². The molecule has 1 fully saturated rings. The lowest BCUT2D eigenvalue weighted by Crippen LogP contribution is -2.38. The maximum Gasteiger partial charge on any atom is 0.333 e. The van der Waals surface area contributed by atoms with Crippen LogP contribution in [0.1, 0.15) is 51.6 Å². The number of hydrogen-bond acceptors (Lipinski definition) is 6. The lowest BCUT2D eigenvalue weighted by atomic mass is 9.61. The molecule has 34 heavy (non-hydrogen) atoms. The standard InChI is InChI=1S/C25H35N5O3S/c1-17-6-4-7-19-8-5-12-25(2,24(17)19)21-15-23-29(3)13-11-22(30(23)28-21)27-20-10-9-18(14-20)16-33-34(26,31)32/h4-5,7-8,12,15,17-18,20,24H,6,9-11,13-14,16H2,1-3H3,(H2,26,31,32). The van der Waals surface area contributed by atoms with Gasteiger partial charge in [0, 0.05) is 37.4 Å². The minimum atomic E-state index is -3.90. The molecule has 1 saturated carbocycles. The summed E-state index contributed by atoms with van der Waals surface area (Å²) >= 11 is 0. The Morgan fingerprint density at radius 3 is 2.97 bits per heavy atom. The monoisotopic (exact) mass is 485 g/mol. The molecular formula is C25H35N5O3S. The third-order valence-corrected chi connectivity index (χ3v) is 8.45. The van der Waals surface area contributed by atoms with Gasteiger partial charge in [-0.25, -0.2) is 9.82 Å². The van der Waals surface area contributed by atoms with Crippen molar-refractivity contribution in [2.24, 2.45) is 27.9 Å². The van der Waals surface area contributed by atoms with E-state index in [-0.39, 0.29) is 24.0 Å². The molecule has 1 aromatic rings. The summed E-state index contributed by atoms with van der Waals surface area (Å²) in [5.74, 6) is 3.18. The second kappa shape index (κ2) is 8.77. The van der Waals surface area contributed by atoms with Crippen molar-refractivity contribution in [3.05, 3.63) is 47.7 Å². The number of anilines is 1. The van der Waals surface area contributed by atoms with Crippen molar-refractivity contribution in [2.75, 3.05) is 25.1 Å². The fourth-order valence-corrected chi connectivity index (χ4v) is 6.60. The molecular weight excluding hydrogens is 450 g/mol. The predicted molar refractivity (Wildman–Crippen MR) is 134 cm³/mol.